The molecule has 0 radical (unpaired) electrons. The monoisotopic (exact) mass is 690 g/mol. The molecule has 0 saturated heterocycles. The van der Waals surface area contributed by atoms with Crippen LogP contribution in [0.1, 0.15) is 0 Å². The number of benzene rings is 9. The third-order valence-corrected chi connectivity index (χ3v) is 12.4. The van der Waals surface area contributed by atoms with E-state index < -0.39 is 0 Å². The van der Waals surface area contributed by atoms with Gasteiger partial charge in [-0.2, -0.15) is 0 Å². The third kappa shape index (κ3) is 4.11. The standard InChI is InChI=1S/C50H30N2S/c1-2-14-34(15-3-1)51-42-20-8-6-16-37(42)48-36(18-10-22-44(48)51)33-25-27-46-40(29-33)41-30-45-49(39-19-11-23-47(53-46)50(39)41)38-17-7-9-21-43(38)52(45)35-26-24-31-12-4-5-13-32(31)28-35/h1-30H. The molecule has 0 spiro atoms. The largest absolute Gasteiger partial charge is 0.309 e. The van der Waals surface area contributed by atoms with Crippen LogP contribution in [0.3, 0.4) is 0 Å². The first-order valence-corrected chi connectivity index (χ1v) is 19.0. The van der Waals surface area contributed by atoms with Gasteiger partial charge in [0, 0.05) is 48.1 Å². The summed E-state index contributed by atoms with van der Waals surface area (Å²) in [6, 6.07) is 67.2. The minimum absolute atomic E-state index is 1.17. The Hall–Kier alpha value is -6.55. The molecule has 0 aliphatic carbocycles. The van der Waals surface area contributed by atoms with Crippen molar-refractivity contribution in [2.75, 3.05) is 0 Å². The maximum absolute atomic E-state index is 2.48. The molecule has 0 atom stereocenters. The maximum Gasteiger partial charge on any atom is 0.0553 e. The average Bonchev–Trinajstić information content (AvgIpc) is 3.74. The normalized spacial score (nSPS) is 12.5. The highest BCUT2D eigenvalue weighted by atomic mass is 32.2. The lowest BCUT2D eigenvalue weighted by Gasteiger charge is -2.22. The van der Waals surface area contributed by atoms with Crippen LogP contribution in [0, 0.1) is 0 Å². The van der Waals surface area contributed by atoms with E-state index in [1.807, 2.05) is 11.8 Å². The predicted octanol–water partition coefficient (Wildman–Crippen LogP) is 14.0. The summed E-state index contributed by atoms with van der Waals surface area (Å²) in [4.78, 5) is 2.61. The summed E-state index contributed by atoms with van der Waals surface area (Å²) in [5.41, 5.74) is 12.3. The van der Waals surface area contributed by atoms with E-state index in [4.69, 9.17) is 0 Å². The van der Waals surface area contributed by atoms with Gasteiger partial charge in [-0.25, -0.2) is 0 Å². The number of para-hydroxylation sites is 3. The molecule has 3 heteroatoms. The molecular formula is C50H30N2S. The number of hydrogen-bond acceptors (Lipinski definition) is 1. The summed E-state index contributed by atoms with van der Waals surface area (Å²) in [5, 5.41) is 10.3. The molecule has 12 rings (SSSR count). The second-order valence-corrected chi connectivity index (χ2v) is 15.2. The van der Waals surface area contributed by atoms with E-state index >= 15 is 0 Å². The van der Waals surface area contributed by atoms with Crippen molar-refractivity contribution in [2.24, 2.45) is 0 Å². The first-order valence-electron chi connectivity index (χ1n) is 18.2. The zero-order valence-corrected chi connectivity index (χ0v) is 29.4. The van der Waals surface area contributed by atoms with E-state index in [-0.39, 0.29) is 0 Å². The molecule has 0 bridgehead atoms. The molecule has 0 unspecified atom stereocenters. The number of hydrogen-bond donors (Lipinski definition) is 0. The van der Waals surface area contributed by atoms with E-state index in [9.17, 15) is 0 Å². The summed E-state index contributed by atoms with van der Waals surface area (Å²) in [6.07, 6.45) is 0. The van der Waals surface area contributed by atoms with Gasteiger partial charge in [-0.05, 0) is 105 Å². The van der Waals surface area contributed by atoms with Gasteiger partial charge in [0.25, 0.3) is 0 Å². The number of aromatic nitrogens is 2. The van der Waals surface area contributed by atoms with Crippen molar-refractivity contribution in [3.63, 3.8) is 0 Å². The molecule has 0 fully saturated rings. The lowest BCUT2D eigenvalue weighted by atomic mass is 9.91. The Morgan fingerprint density at radius 3 is 1.85 bits per heavy atom. The van der Waals surface area contributed by atoms with Crippen LogP contribution in [-0.2, 0) is 0 Å². The predicted molar refractivity (Wildman–Crippen MR) is 225 cm³/mol. The highest BCUT2D eigenvalue weighted by Crippen LogP contribution is 2.52. The number of nitrogens with zero attached hydrogens (tertiary/aromatic N) is 2. The molecule has 1 aliphatic heterocycles. The molecule has 53 heavy (non-hydrogen) atoms. The van der Waals surface area contributed by atoms with Crippen molar-refractivity contribution in [3.05, 3.63) is 182 Å². The van der Waals surface area contributed by atoms with Gasteiger partial charge in [0.1, 0.15) is 0 Å². The Morgan fingerprint density at radius 2 is 1.00 bits per heavy atom. The molecule has 9 aromatic carbocycles. The summed E-state index contributed by atoms with van der Waals surface area (Å²) >= 11 is 1.89. The smallest absolute Gasteiger partial charge is 0.0553 e. The van der Waals surface area contributed by atoms with Gasteiger partial charge in [-0.1, -0.05) is 127 Å². The Balaban J connectivity index is 1.14. The fourth-order valence-corrected chi connectivity index (χ4v) is 10.1. The number of rotatable bonds is 3. The lowest BCUT2D eigenvalue weighted by Crippen LogP contribution is -1.97. The molecule has 2 aromatic heterocycles. The van der Waals surface area contributed by atoms with Crippen molar-refractivity contribution < 1.29 is 0 Å². The van der Waals surface area contributed by atoms with Crippen LogP contribution in [0.15, 0.2) is 192 Å². The minimum Gasteiger partial charge on any atom is -0.309 e. The highest BCUT2D eigenvalue weighted by Gasteiger charge is 2.25. The molecule has 246 valence electrons. The molecule has 0 saturated carbocycles. The van der Waals surface area contributed by atoms with Crippen LogP contribution in [0.5, 0.6) is 0 Å². The van der Waals surface area contributed by atoms with Crippen molar-refractivity contribution in [1.82, 2.24) is 9.13 Å². The van der Waals surface area contributed by atoms with Crippen LogP contribution >= 0.6 is 11.8 Å². The Bertz CT molecular complexity index is 3310. The van der Waals surface area contributed by atoms with E-state index in [0.29, 0.717) is 0 Å². The van der Waals surface area contributed by atoms with Crippen LogP contribution in [0.25, 0.3) is 98.8 Å². The van der Waals surface area contributed by atoms with Gasteiger partial charge in [0.05, 0.1) is 22.1 Å². The topological polar surface area (TPSA) is 9.86 Å². The SMILES string of the molecule is c1ccc(-n2c3ccccc3c3c(-c4ccc5c(c4)-c4cc6c(c7cccc(c47)S5)c4ccccc4n6-c4ccc5ccccc5c4)cccc32)cc1. The summed E-state index contributed by atoms with van der Waals surface area (Å²) < 4.78 is 4.88. The highest BCUT2D eigenvalue weighted by molar-refractivity contribution is 7.99. The zero-order chi connectivity index (χ0) is 34.6. The van der Waals surface area contributed by atoms with Crippen LogP contribution < -0.4 is 0 Å². The second kappa shape index (κ2) is 11.0. The van der Waals surface area contributed by atoms with Gasteiger partial charge < -0.3 is 9.13 Å². The van der Waals surface area contributed by atoms with Crippen LogP contribution in [-0.4, -0.2) is 9.13 Å². The van der Waals surface area contributed by atoms with Crippen molar-refractivity contribution in [1.29, 1.82) is 0 Å². The zero-order valence-electron chi connectivity index (χ0n) is 28.6. The first kappa shape index (κ1) is 29.1. The van der Waals surface area contributed by atoms with E-state index in [1.54, 1.807) is 0 Å². The molecule has 11 aromatic rings. The second-order valence-electron chi connectivity index (χ2n) is 14.1. The molecular weight excluding hydrogens is 661 g/mol. The summed E-state index contributed by atoms with van der Waals surface area (Å²) in [6.45, 7) is 0. The van der Waals surface area contributed by atoms with E-state index in [0.717, 1.165) is 0 Å². The lowest BCUT2D eigenvalue weighted by molar-refractivity contribution is 1.18. The fraction of sp³-hybridized carbons (Fsp3) is 0. The van der Waals surface area contributed by atoms with Crippen molar-refractivity contribution in [3.8, 4) is 33.6 Å². The van der Waals surface area contributed by atoms with Gasteiger partial charge in [-0.15, -0.1) is 0 Å². The third-order valence-electron chi connectivity index (χ3n) is 11.3. The minimum atomic E-state index is 1.17. The van der Waals surface area contributed by atoms with Gasteiger partial charge in [0.2, 0.25) is 0 Å². The Labute approximate surface area is 310 Å². The quantitative estimate of drug-likeness (QED) is 0.179. The molecule has 0 amide bonds. The summed E-state index contributed by atoms with van der Waals surface area (Å²) in [7, 11) is 0. The maximum atomic E-state index is 2.48. The first-order chi connectivity index (χ1) is 26.3. The van der Waals surface area contributed by atoms with Crippen molar-refractivity contribution >= 4 is 76.9 Å². The van der Waals surface area contributed by atoms with E-state index in [1.165, 1.54) is 109 Å². The Kier molecular flexibility index (Phi) is 6.02. The fourth-order valence-electron chi connectivity index (χ4n) is 9.03. The summed E-state index contributed by atoms with van der Waals surface area (Å²) in [5.74, 6) is 0. The molecule has 2 nitrogen and oxygen atoms in total. The van der Waals surface area contributed by atoms with E-state index in [2.05, 4.69) is 191 Å². The van der Waals surface area contributed by atoms with Gasteiger partial charge in [-0.3, -0.25) is 0 Å². The van der Waals surface area contributed by atoms with Gasteiger partial charge >= 0.3 is 0 Å². The average molecular weight is 691 g/mol. The molecule has 3 heterocycles. The number of fused-ring (bicyclic) bond motifs is 10. The van der Waals surface area contributed by atoms with Crippen molar-refractivity contribution in [2.45, 2.75) is 9.79 Å². The van der Waals surface area contributed by atoms with Gasteiger partial charge in [0.15, 0.2) is 0 Å². The van der Waals surface area contributed by atoms with Crippen LogP contribution in [0.4, 0.5) is 0 Å². The Morgan fingerprint density at radius 1 is 0.321 bits per heavy atom. The molecule has 1 aliphatic rings. The van der Waals surface area contributed by atoms with Crippen LogP contribution in [0.2, 0.25) is 0 Å². The molecule has 0 N–H and O–H groups in total.